The van der Waals surface area contributed by atoms with Gasteiger partial charge in [0.15, 0.2) is 0 Å². The number of nitrogens with one attached hydrogen (secondary N) is 1. The summed E-state index contributed by atoms with van der Waals surface area (Å²) in [7, 11) is 0. The van der Waals surface area contributed by atoms with Crippen molar-refractivity contribution in [3.05, 3.63) is 67.7 Å². The number of amides is 1. The molecule has 0 radical (unpaired) electrons. The molecular formula is C15H13BrN2O3. The molecule has 2 aromatic rings. The van der Waals surface area contributed by atoms with Gasteiger partial charge in [-0.2, -0.15) is 0 Å². The molecule has 2 rings (SSSR count). The monoisotopic (exact) mass is 348 g/mol. The highest BCUT2D eigenvalue weighted by Crippen LogP contribution is 2.25. The molecule has 0 aliphatic rings. The molecule has 0 fully saturated rings. The van der Waals surface area contributed by atoms with E-state index in [0.717, 1.165) is 16.8 Å². The number of hydrogen-bond acceptors (Lipinski definition) is 3. The highest BCUT2D eigenvalue weighted by Gasteiger charge is 2.16. The summed E-state index contributed by atoms with van der Waals surface area (Å²) < 4.78 is 0.511. The molecule has 0 aromatic heterocycles. The lowest BCUT2D eigenvalue weighted by molar-refractivity contribution is -0.384. The summed E-state index contributed by atoms with van der Waals surface area (Å²) in [4.78, 5) is 22.6. The highest BCUT2D eigenvalue weighted by atomic mass is 79.9. The Morgan fingerprint density at radius 3 is 2.38 bits per heavy atom. The van der Waals surface area contributed by atoms with Crippen LogP contribution in [-0.2, 0) is 0 Å². The van der Waals surface area contributed by atoms with Crippen molar-refractivity contribution < 1.29 is 9.72 Å². The first kappa shape index (κ1) is 15.2. The predicted octanol–water partition coefficient (Wildman–Crippen LogP) is 4.23. The molecule has 2 aromatic carbocycles. The van der Waals surface area contributed by atoms with Crippen LogP contribution in [0.2, 0.25) is 0 Å². The second kappa shape index (κ2) is 6.05. The first-order valence-electron chi connectivity index (χ1n) is 6.21. The number of hydrogen-bond donors (Lipinski definition) is 1. The minimum atomic E-state index is -0.526. The van der Waals surface area contributed by atoms with E-state index in [2.05, 4.69) is 21.2 Å². The zero-order chi connectivity index (χ0) is 15.6. The lowest BCUT2D eigenvalue weighted by atomic mass is 10.1. The first-order chi connectivity index (χ1) is 9.90. The van der Waals surface area contributed by atoms with E-state index in [1.165, 1.54) is 18.2 Å². The van der Waals surface area contributed by atoms with Gasteiger partial charge in [0.25, 0.3) is 11.6 Å². The van der Waals surface area contributed by atoms with E-state index < -0.39 is 4.92 Å². The van der Waals surface area contributed by atoms with Crippen LogP contribution in [-0.4, -0.2) is 10.8 Å². The minimum absolute atomic E-state index is 0.121. The Bertz CT molecular complexity index is 709. The number of rotatable bonds is 3. The van der Waals surface area contributed by atoms with Crippen LogP contribution in [0.3, 0.4) is 0 Å². The number of aryl methyl sites for hydroxylation is 2. The molecule has 0 bridgehead atoms. The molecule has 0 spiro atoms. The number of carbonyl (C=O) groups excluding carboxylic acids is 1. The largest absolute Gasteiger partial charge is 0.321 e. The SMILES string of the molecule is Cc1cccc(C)c1NC(=O)c1cc([N+](=O)[O-])ccc1Br. The fraction of sp³-hybridized carbons (Fsp3) is 0.133. The molecule has 21 heavy (non-hydrogen) atoms. The summed E-state index contributed by atoms with van der Waals surface area (Å²) in [5.74, 6) is -0.386. The second-order valence-corrected chi connectivity index (χ2v) is 5.50. The number of para-hydroxylation sites is 1. The van der Waals surface area contributed by atoms with E-state index in [9.17, 15) is 14.9 Å². The maximum absolute atomic E-state index is 12.4. The third kappa shape index (κ3) is 3.28. The number of nitro benzene ring substituents is 1. The third-order valence-electron chi connectivity index (χ3n) is 3.13. The number of nitrogens with zero attached hydrogens (tertiary/aromatic N) is 1. The topological polar surface area (TPSA) is 72.2 Å². The lowest BCUT2D eigenvalue weighted by Crippen LogP contribution is -2.14. The van der Waals surface area contributed by atoms with Gasteiger partial charge in [-0.1, -0.05) is 18.2 Å². The molecule has 0 atom stereocenters. The van der Waals surface area contributed by atoms with Crippen LogP contribution in [0.1, 0.15) is 21.5 Å². The normalized spacial score (nSPS) is 10.2. The van der Waals surface area contributed by atoms with Gasteiger partial charge in [0.2, 0.25) is 0 Å². The van der Waals surface area contributed by atoms with E-state index in [-0.39, 0.29) is 17.2 Å². The van der Waals surface area contributed by atoms with Gasteiger partial charge in [-0.15, -0.1) is 0 Å². The standard InChI is InChI=1S/C15H13BrN2O3/c1-9-4-3-5-10(2)14(9)17-15(19)12-8-11(18(20)21)6-7-13(12)16/h3-8H,1-2H3,(H,17,19). The summed E-state index contributed by atoms with van der Waals surface area (Å²) in [6.45, 7) is 3.79. The van der Waals surface area contributed by atoms with Crippen LogP contribution in [0.4, 0.5) is 11.4 Å². The quantitative estimate of drug-likeness (QED) is 0.666. The average molecular weight is 349 g/mol. The molecule has 5 nitrogen and oxygen atoms in total. The van der Waals surface area contributed by atoms with Gasteiger partial charge >= 0.3 is 0 Å². The zero-order valence-corrected chi connectivity index (χ0v) is 13.1. The number of non-ortho nitro benzene ring substituents is 1. The van der Waals surface area contributed by atoms with Gasteiger partial charge in [0, 0.05) is 22.3 Å². The lowest BCUT2D eigenvalue weighted by Gasteiger charge is -2.12. The van der Waals surface area contributed by atoms with Crippen LogP contribution in [0.5, 0.6) is 0 Å². The van der Waals surface area contributed by atoms with Crippen molar-refractivity contribution in [2.45, 2.75) is 13.8 Å². The Morgan fingerprint density at radius 2 is 1.81 bits per heavy atom. The fourth-order valence-corrected chi connectivity index (χ4v) is 2.42. The zero-order valence-electron chi connectivity index (χ0n) is 11.5. The summed E-state index contributed by atoms with van der Waals surface area (Å²) in [5.41, 5.74) is 2.70. The van der Waals surface area contributed by atoms with Gasteiger partial charge in [-0.05, 0) is 47.0 Å². The molecule has 6 heteroatoms. The Balaban J connectivity index is 2.37. The molecule has 0 heterocycles. The summed E-state index contributed by atoms with van der Waals surface area (Å²) in [6.07, 6.45) is 0. The van der Waals surface area contributed by atoms with Crippen molar-refractivity contribution in [3.8, 4) is 0 Å². The number of carbonyl (C=O) groups is 1. The second-order valence-electron chi connectivity index (χ2n) is 4.64. The van der Waals surface area contributed by atoms with E-state index >= 15 is 0 Å². The highest BCUT2D eigenvalue weighted by molar-refractivity contribution is 9.10. The van der Waals surface area contributed by atoms with Crippen LogP contribution in [0.25, 0.3) is 0 Å². The molecular weight excluding hydrogens is 336 g/mol. The fourth-order valence-electron chi connectivity index (χ4n) is 1.99. The predicted molar refractivity (Wildman–Crippen MR) is 84.7 cm³/mol. The Hall–Kier alpha value is -2.21. The van der Waals surface area contributed by atoms with Crippen LogP contribution in [0, 0.1) is 24.0 Å². The molecule has 0 aliphatic carbocycles. The third-order valence-corrected chi connectivity index (χ3v) is 3.82. The smallest absolute Gasteiger partial charge is 0.270 e. The van der Waals surface area contributed by atoms with Crippen LogP contribution < -0.4 is 5.32 Å². The molecule has 0 saturated carbocycles. The molecule has 0 aliphatic heterocycles. The summed E-state index contributed by atoms with van der Waals surface area (Å²) in [6, 6.07) is 9.80. The number of anilines is 1. The van der Waals surface area contributed by atoms with E-state index in [1.807, 2.05) is 32.0 Å². The van der Waals surface area contributed by atoms with Gasteiger partial charge in [-0.3, -0.25) is 14.9 Å². The number of nitro groups is 1. The maximum Gasteiger partial charge on any atom is 0.270 e. The van der Waals surface area contributed by atoms with Crippen molar-refractivity contribution in [3.63, 3.8) is 0 Å². The molecule has 0 unspecified atom stereocenters. The Morgan fingerprint density at radius 1 is 1.19 bits per heavy atom. The molecule has 1 N–H and O–H groups in total. The number of halogens is 1. The first-order valence-corrected chi connectivity index (χ1v) is 7.01. The maximum atomic E-state index is 12.4. The Labute approximate surface area is 130 Å². The van der Waals surface area contributed by atoms with Crippen molar-refractivity contribution in [2.24, 2.45) is 0 Å². The van der Waals surface area contributed by atoms with E-state index in [4.69, 9.17) is 0 Å². The van der Waals surface area contributed by atoms with Gasteiger partial charge < -0.3 is 5.32 Å². The van der Waals surface area contributed by atoms with Crippen molar-refractivity contribution >= 4 is 33.2 Å². The van der Waals surface area contributed by atoms with Gasteiger partial charge in [-0.25, -0.2) is 0 Å². The molecule has 1 amide bonds. The molecule has 108 valence electrons. The molecule has 0 saturated heterocycles. The van der Waals surface area contributed by atoms with Crippen molar-refractivity contribution in [1.29, 1.82) is 0 Å². The van der Waals surface area contributed by atoms with E-state index in [1.54, 1.807) is 0 Å². The van der Waals surface area contributed by atoms with E-state index in [0.29, 0.717) is 4.47 Å². The number of benzene rings is 2. The van der Waals surface area contributed by atoms with Crippen LogP contribution >= 0.6 is 15.9 Å². The average Bonchev–Trinajstić information content (AvgIpc) is 2.43. The summed E-state index contributed by atoms with van der Waals surface area (Å²) >= 11 is 3.25. The minimum Gasteiger partial charge on any atom is -0.321 e. The van der Waals surface area contributed by atoms with Crippen LogP contribution in [0.15, 0.2) is 40.9 Å². The Kier molecular flexibility index (Phi) is 4.37. The van der Waals surface area contributed by atoms with Gasteiger partial charge in [0.1, 0.15) is 0 Å². The van der Waals surface area contributed by atoms with Gasteiger partial charge in [0.05, 0.1) is 10.5 Å². The summed E-state index contributed by atoms with van der Waals surface area (Å²) in [5, 5.41) is 13.6. The van der Waals surface area contributed by atoms with Crippen molar-refractivity contribution in [2.75, 3.05) is 5.32 Å². The van der Waals surface area contributed by atoms with Crippen molar-refractivity contribution in [1.82, 2.24) is 0 Å².